The maximum atomic E-state index is 12.1. The van der Waals surface area contributed by atoms with Gasteiger partial charge in [0, 0.05) is 17.5 Å². The number of benzene rings is 1. The highest BCUT2D eigenvalue weighted by Gasteiger charge is 2.15. The van der Waals surface area contributed by atoms with Gasteiger partial charge in [-0.1, -0.05) is 13.8 Å². The first-order valence-electron chi connectivity index (χ1n) is 7.74. The summed E-state index contributed by atoms with van der Waals surface area (Å²) in [6.07, 6.45) is 0. The highest BCUT2D eigenvalue weighted by molar-refractivity contribution is 7.89. The van der Waals surface area contributed by atoms with Gasteiger partial charge in [-0.2, -0.15) is 0 Å². The van der Waals surface area contributed by atoms with Crippen molar-refractivity contribution in [3.63, 3.8) is 0 Å². The molecule has 2 rings (SSSR count). The minimum absolute atomic E-state index is 0.0669. The van der Waals surface area contributed by atoms with Crippen molar-refractivity contribution < 1.29 is 23.1 Å². The van der Waals surface area contributed by atoms with E-state index in [2.05, 4.69) is 15.0 Å². The van der Waals surface area contributed by atoms with Gasteiger partial charge in [0.05, 0.1) is 11.4 Å². The molecule has 1 aromatic carbocycles. The van der Waals surface area contributed by atoms with E-state index < -0.39 is 21.9 Å². The van der Waals surface area contributed by atoms with Crippen molar-refractivity contribution in [1.82, 2.24) is 15.0 Å². The minimum Gasteiger partial charge on any atom is -0.476 e. The molecule has 26 heavy (non-hydrogen) atoms. The predicted octanol–water partition coefficient (Wildman–Crippen LogP) is 1.71. The van der Waals surface area contributed by atoms with Crippen LogP contribution in [0.1, 0.15) is 39.7 Å². The number of aromatic carboxylic acids is 1. The molecule has 0 aliphatic rings. The molecule has 140 valence electrons. The maximum absolute atomic E-state index is 12.1. The Morgan fingerprint density at radius 2 is 1.88 bits per heavy atom. The van der Waals surface area contributed by atoms with Crippen LogP contribution in [0.5, 0.6) is 0 Å². The van der Waals surface area contributed by atoms with Gasteiger partial charge in [-0.3, -0.25) is 4.79 Å². The Balaban J connectivity index is 1.98. The minimum atomic E-state index is -3.60. The zero-order valence-corrected chi connectivity index (χ0v) is 15.9. The third-order valence-electron chi connectivity index (χ3n) is 3.28. The summed E-state index contributed by atoms with van der Waals surface area (Å²) >= 11 is 1.13. The number of carbonyl (C=O) groups excluding carboxylic acids is 1. The fourth-order valence-corrected chi connectivity index (χ4v) is 3.81. The summed E-state index contributed by atoms with van der Waals surface area (Å²) in [7, 11) is -3.60. The van der Waals surface area contributed by atoms with Crippen LogP contribution in [0.2, 0.25) is 0 Å². The summed E-state index contributed by atoms with van der Waals surface area (Å²) in [5, 5.41) is 13.3. The first-order valence-corrected chi connectivity index (χ1v) is 10.1. The zero-order valence-electron chi connectivity index (χ0n) is 14.2. The van der Waals surface area contributed by atoms with Gasteiger partial charge in [0.15, 0.2) is 5.69 Å². The second-order valence-electron chi connectivity index (χ2n) is 5.88. The lowest BCUT2D eigenvalue weighted by Crippen LogP contribution is -2.27. The fourth-order valence-electron chi connectivity index (χ4n) is 1.89. The van der Waals surface area contributed by atoms with E-state index in [4.69, 9.17) is 5.11 Å². The standard InChI is InChI=1S/C16H19N3O5S2/c1-10(2)7-18-26(23,24)12-5-3-11(4-6-12)15(20)17-8-14-19-13(9-25-14)16(21)22/h3-6,9-10,18H,7-8H2,1-2H3,(H,17,20)(H,21,22). The molecule has 8 nitrogen and oxygen atoms in total. The third-order valence-corrected chi connectivity index (χ3v) is 5.57. The molecular weight excluding hydrogens is 378 g/mol. The first kappa shape index (κ1) is 20.0. The van der Waals surface area contributed by atoms with Crippen LogP contribution in [0.3, 0.4) is 0 Å². The van der Waals surface area contributed by atoms with Crippen molar-refractivity contribution >= 4 is 33.2 Å². The van der Waals surface area contributed by atoms with Crippen molar-refractivity contribution in [3.8, 4) is 0 Å². The average Bonchev–Trinajstić information content (AvgIpc) is 3.07. The molecule has 0 aliphatic carbocycles. The lowest BCUT2D eigenvalue weighted by atomic mass is 10.2. The molecule has 0 unspecified atom stereocenters. The second kappa shape index (κ2) is 8.39. The Labute approximate surface area is 155 Å². The molecule has 0 aliphatic heterocycles. The summed E-state index contributed by atoms with van der Waals surface area (Å²) in [4.78, 5) is 26.8. The topological polar surface area (TPSA) is 125 Å². The monoisotopic (exact) mass is 397 g/mol. The summed E-state index contributed by atoms with van der Waals surface area (Å²) in [5.41, 5.74) is 0.227. The fraction of sp³-hybridized carbons (Fsp3) is 0.312. The number of hydrogen-bond acceptors (Lipinski definition) is 6. The van der Waals surface area contributed by atoms with Crippen molar-refractivity contribution in [3.05, 3.63) is 45.9 Å². The highest BCUT2D eigenvalue weighted by atomic mass is 32.2. The van der Waals surface area contributed by atoms with E-state index in [1.807, 2.05) is 13.8 Å². The van der Waals surface area contributed by atoms with Gasteiger partial charge in [-0.15, -0.1) is 11.3 Å². The van der Waals surface area contributed by atoms with Crippen LogP contribution >= 0.6 is 11.3 Å². The first-order chi connectivity index (χ1) is 12.2. The van der Waals surface area contributed by atoms with Crippen molar-refractivity contribution in [1.29, 1.82) is 0 Å². The number of carboxylic acids is 1. The van der Waals surface area contributed by atoms with E-state index in [0.717, 1.165) is 11.3 Å². The van der Waals surface area contributed by atoms with Gasteiger partial charge in [0.25, 0.3) is 5.91 Å². The van der Waals surface area contributed by atoms with Gasteiger partial charge < -0.3 is 10.4 Å². The van der Waals surface area contributed by atoms with Gasteiger partial charge in [-0.25, -0.2) is 22.9 Å². The number of carbonyl (C=O) groups is 2. The quantitative estimate of drug-likeness (QED) is 0.623. The molecule has 0 atom stereocenters. The molecule has 0 saturated heterocycles. The molecule has 10 heteroatoms. The molecule has 0 saturated carbocycles. The smallest absolute Gasteiger partial charge is 0.355 e. The van der Waals surface area contributed by atoms with E-state index in [1.54, 1.807) is 0 Å². The Morgan fingerprint density at radius 3 is 2.42 bits per heavy atom. The molecule has 0 fully saturated rings. The molecule has 1 aromatic heterocycles. The Morgan fingerprint density at radius 1 is 1.23 bits per heavy atom. The molecule has 0 radical (unpaired) electrons. The molecule has 0 bridgehead atoms. The Kier molecular flexibility index (Phi) is 6.46. The van der Waals surface area contributed by atoms with Gasteiger partial charge in [0.1, 0.15) is 5.01 Å². The number of amides is 1. The highest BCUT2D eigenvalue weighted by Crippen LogP contribution is 2.12. The van der Waals surface area contributed by atoms with Crippen LogP contribution < -0.4 is 10.0 Å². The number of carboxylic acid groups (broad SMARTS) is 1. The lowest BCUT2D eigenvalue weighted by Gasteiger charge is -2.09. The van der Waals surface area contributed by atoms with Crippen LogP contribution in [0.25, 0.3) is 0 Å². The number of hydrogen-bond donors (Lipinski definition) is 3. The van der Waals surface area contributed by atoms with Crippen LogP contribution in [0.15, 0.2) is 34.5 Å². The van der Waals surface area contributed by atoms with Gasteiger partial charge >= 0.3 is 5.97 Å². The van der Waals surface area contributed by atoms with Crippen LogP contribution in [0.4, 0.5) is 0 Å². The SMILES string of the molecule is CC(C)CNS(=O)(=O)c1ccc(C(=O)NCc2nc(C(=O)O)cs2)cc1. The Hall–Kier alpha value is -2.30. The normalized spacial score (nSPS) is 11.5. The summed E-state index contributed by atoms with van der Waals surface area (Å²) < 4.78 is 26.7. The van der Waals surface area contributed by atoms with Crippen molar-refractivity contribution in [2.75, 3.05) is 6.54 Å². The van der Waals surface area contributed by atoms with Crippen LogP contribution in [0, 0.1) is 5.92 Å². The van der Waals surface area contributed by atoms with E-state index >= 15 is 0 Å². The Bertz CT molecular complexity index is 889. The van der Waals surface area contributed by atoms with E-state index in [1.165, 1.54) is 29.6 Å². The van der Waals surface area contributed by atoms with E-state index in [0.29, 0.717) is 17.1 Å². The largest absolute Gasteiger partial charge is 0.476 e. The number of aromatic nitrogens is 1. The van der Waals surface area contributed by atoms with Crippen LogP contribution in [-0.2, 0) is 16.6 Å². The van der Waals surface area contributed by atoms with Gasteiger partial charge in [0.2, 0.25) is 10.0 Å². The molecule has 1 heterocycles. The third kappa shape index (κ3) is 5.35. The number of sulfonamides is 1. The van der Waals surface area contributed by atoms with Crippen molar-refractivity contribution in [2.45, 2.75) is 25.3 Å². The van der Waals surface area contributed by atoms with Crippen molar-refractivity contribution in [2.24, 2.45) is 5.92 Å². The lowest BCUT2D eigenvalue weighted by molar-refractivity contribution is 0.0691. The summed E-state index contributed by atoms with van der Waals surface area (Å²) in [5.74, 6) is -1.35. The van der Waals surface area contributed by atoms with Gasteiger partial charge in [-0.05, 0) is 30.2 Å². The maximum Gasteiger partial charge on any atom is 0.355 e. The number of nitrogens with zero attached hydrogens (tertiary/aromatic N) is 1. The molecule has 3 N–H and O–H groups in total. The number of nitrogens with one attached hydrogen (secondary N) is 2. The molecule has 2 aromatic rings. The van der Waals surface area contributed by atoms with E-state index in [-0.39, 0.29) is 23.1 Å². The second-order valence-corrected chi connectivity index (χ2v) is 8.59. The van der Waals surface area contributed by atoms with E-state index in [9.17, 15) is 18.0 Å². The van der Waals surface area contributed by atoms with Crippen LogP contribution in [-0.4, -0.2) is 36.9 Å². The predicted molar refractivity (Wildman–Crippen MR) is 96.7 cm³/mol. The molecular formula is C16H19N3O5S2. The summed E-state index contributed by atoms with van der Waals surface area (Å²) in [6.45, 7) is 4.22. The molecule has 1 amide bonds. The number of thiazole rings is 1. The number of rotatable bonds is 8. The summed E-state index contributed by atoms with van der Waals surface area (Å²) in [6, 6.07) is 5.57. The zero-order chi connectivity index (χ0) is 19.3. The molecule has 0 spiro atoms. The average molecular weight is 397 g/mol.